The van der Waals surface area contributed by atoms with Gasteiger partial charge in [-0.25, -0.2) is 0 Å². The van der Waals surface area contributed by atoms with E-state index in [0.29, 0.717) is 11.3 Å². The molecule has 8 heteroatoms. The van der Waals surface area contributed by atoms with Crippen LogP contribution < -0.4 is 10.6 Å². The first kappa shape index (κ1) is 27.4. The fourth-order valence-electron chi connectivity index (χ4n) is 3.30. The van der Waals surface area contributed by atoms with E-state index in [-0.39, 0.29) is 30.3 Å². The molecule has 190 valence electrons. The first-order valence-electron chi connectivity index (χ1n) is 11.7. The number of ether oxygens (including phenoxy) is 1. The van der Waals surface area contributed by atoms with Crippen molar-refractivity contribution in [2.24, 2.45) is 0 Å². The first-order chi connectivity index (χ1) is 17.9. The molecule has 0 unspecified atom stereocenters. The fraction of sp³-hybridized carbons (Fsp3) is 0.172. The maximum absolute atomic E-state index is 13.2. The molecule has 3 aromatic carbocycles. The highest BCUT2D eigenvalue weighted by Crippen LogP contribution is 2.23. The van der Waals surface area contributed by atoms with E-state index >= 15 is 0 Å². The monoisotopic (exact) mass is 516 g/mol. The molecule has 0 aliphatic carbocycles. The van der Waals surface area contributed by atoms with Crippen LogP contribution in [0.5, 0.6) is 0 Å². The van der Waals surface area contributed by atoms with E-state index in [1.165, 1.54) is 11.8 Å². The molecule has 0 radical (unpaired) electrons. The zero-order valence-electron chi connectivity index (χ0n) is 20.7. The van der Waals surface area contributed by atoms with Gasteiger partial charge in [-0.05, 0) is 61.4 Å². The minimum absolute atomic E-state index is 0.0887. The average molecular weight is 517 g/mol. The summed E-state index contributed by atoms with van der Waals surface area (Å²) in [6.45, 7) is 3.84. The Morgan fingerprint density at radius 2 is 1.65 bits per heavy atom. The third-order valence-electron chi connectivity index (χ3n) is 5.16. The number of thioether (sulfide) groups is 1. The van der Waals surface area contributed by atoms with Crippen molar-refractivity contribution in [2.45, 2.75) is 25.2 Å². The highest BCUT2D eigenvalue weighted by molar-refractivity contribution is 8.00. The van der Waals surface area contributed by atoms with Crippen LogP contribution in [0.15, 0.2) is 89.5 Å². The predicted octanol–water partition coefficient (Wildman–Crippen LogP) is 5.02. The van der Waals surface area contributed by atoms with Crippen LogP contribution in [0.3, 0.4) is 0 Å². The third kappa shape index (κ3) is 8.77. The molecule has 0 heterocycles. The lowest BCUT2D eigenvalue weighted by Gasteiger charge is -2.13. The van der Waals surface area contributed by atoms with E-state index < -0.39 is 17.8 Å². The molecule has 0 aliphatic rings. The van der Waals surface area contributed by atoms with E-state index in [2.05, 4.69) is 10.6 Å². The molecule has 2 N–H and O–H groups in total. The maximum atomic E-state index is 13.2. The number of hydrogen-bond donors (Lipinski definition) is 2. The van der Waals surface area contributed by atoms with Gasteiger partial charge in [0.2, 0.25) is 0 Å². The molecule has 0 saturated heterocycles. The van der Waals surface area contributed by atoms with Crippen molar-refractivity contribution in [1.82, 2.24) is 5.32 Å². The Morgan fingerprint density at radius 1 is 0.919 bits per heavy atom. The molecule has 7 nitrogen and oxygen atoms in total. The minimum atomic E-state index is -0.542. The molecule has 0 aliphatic heterocycles. The second-order valence-corrected chi connectivity index (χ2v) is 9.07. The number of rotatable bonds is 11. The normalized spacial score (nSPS) is 10.9. The van der Waals surface area contributed by atoms with Crippen LogP contribution in [-0.4, -0.2) is 35.9 Å². The predicted molar refractivity (Wildman–Crippen MR) is 145 cm³/mol. The van der Waals surface area contributed by atoms with E-state index in [1.807, 2.05) is 37.3 Å². The lowest BCUT2D eigenvalue weighted by Crippen LogP contribution is -2.30. The van der Waals surface area contributed by atoms with Crippen molar-refractivity contribution in [3.05, 3.63) is 101 Å². The number of anilines is 1. The molecule has 3 rings (SSSR count). The smallest absolute Gasteiger partial charge is 0.313 e. The summed E-state index contributed by atoms with van der Waals surface area (Å²) in [6, 6.07) is 23.2. The summed E-state index contributed by atoms with van der Waals surface area (Å²) in [5.74, 6) is -1.58. The number of hydrogen-bond acceptors (Lipinski definition) is 6. The van der Waals surface area contributed by atoms with Gasteiger partial charge < -0.3 is 15.4 Å². The second-order valence-electron chi connectivity index (χ2n) is 8.03. The van der Waals surface area contributed by atoms with Crippen molar-refractivity contribution in [3.63, 3.8) is 0 Å². The molecule has 0 spiro atoms. The van der Waals surface area contributed by atoms with Gasteiger partial charge in [-0.15, -0.1) is 11.8 Å². The molecule has 0 atom stereocenters. The number of carbonyl (C=O) groups excluding carboxylic acids is 4. The third-order valence-corrected chi connectivity index (χ3v) is 6.21. The van der Waals surface area contributed by atoms with E-state index in [9.17, 15) is 19.2 Å². The van der Waals surface area contributed by atoms with Crippen LogP contribution in [0, 0.1) is 6.92 Å². The molecular weight excluding hydrogens is 488 g/mol. The van der Waals surface area contributed by atoms with E-state index in [4.69, 9.17) is 4.74 Å². The maximum Gasteiger partial charge on any atom is 0.313 e. The molecule has 0 bridgehead atoms. The summed E-state index contributed by atoms with van der Waals surface area (Å²) in [5.41, 5.74) is 2.76. The Kier molecular flexibility index (Phi) is 10.2. The molecule has 37 heavy (non-hydrogen) atoms. The van der Waals surface area contributed by atoms with Crippen LogP contribution >= 0.6 is 11.8 Å². The largest absolute Gasteiger partial charge is 0.466 e. The number of Topliss-reactive ketones (excluding diaryl/α,β-unsaturated/α-hetero) is 1. The van der Waals surface area contributed by atoms with Crippen molar-refractivity contribution < 1.29 is 23.9 Å². The zero-order valence-corrected chi connectivity index (χ0v) is 21.5. The number of esters is 1. The van der Waals surface area contributed by atoms with Crippen LogP contribution in [0.25, 0.3) is 6.08 Å². The van der Waals surface area contributed by atoms with Crippen molar-refractivity contribution in [3.8, 4) is 0 Å². The Hall–Kier alpha value is -4.17. The van der Waals surface area contributed by atoms with Gasteiger partial charge in [0.05, 0.1) is 12.4 Å². The summed E-state index contributed by atoms with van der Waals surface area (Å²) >= 11 is 1.26. The highest BCUT2D eigenvalue weighted by Gasteiger charge is 2.16. The summed E-state index contributed by atoms with van der Waals surface area (Å²) < 4.78 is 4.80. The highest BCUT2D eigenvalue weighted by atomic mass is 32.2. The van der Waals surface area contributed by atoms with Crippen LogP contribution in [0.2, 0.25) is 0 Å². The van der Waals surface area contributed by atoms with Gasteiger partial charge in [0, 0.05) is 16.1 Å². The van der Waals surface area contributed by atoms with Gasteiger partial charge in [-0.2, -0.15) is 0 Å². The van der Waals surface area contributed by atoms with Crippen LogP contribution in [0.1, 0.15) is 34.8 Å². The topological polar surface area (TPSA) is 102 Å². The fourth-order valence-corrected chi connectivity index (χ4v) is 4.11. The van der Waals surface area contributed by atoms with Gasteiger partial charge in [-0.3, -0.25) is 19.2 Å². The minimum Gasteiger partial charge on any atom is -0.466 e. The van der Waals surface area contributed by atoms with Crippen LogP contribution in [0.4, 0.5) is 5.69 Å². The van der Waals surface area contributed by atoms with Crippen molar-refractivity contribution in [1.29, 1.82) is 0 Å². The molecule has 0 saturated carbocycles. The summed E-state index contributed by atoms with van der Waals surface area (Å²) in [6.07, 6.45) is 1.36. The number of amides is 2. The van der Waals surface area contributed by atoms with Gasteiger partial charge in [0.1, 0.15) is 12.1 Å². The lowest BCUT2D eigenvalue weighted by molar-refractivity contribution is -0.145. The molecular formula is C29H28N2O5S. The summed E-state index contributed by atoms with van der Waals surface area (Å²) in [5, 5.41) is 5.55. The van der Waals surface area contributed by atoms with Crippen LogP contribution in [-0.2, 0) is 19.1 Å². The zero-order chi connectivity index (χ0) is 26.6. The van der Waals surface area contributed by atoms with Crippen molar-refractivity contribution >= 4 is 47.1 Å². The molecule has 2 amide bonds. The summed E-state index contributed by atoms with van der Waals surface area (Å²) in [4.78, 5) is 50.3. The first-order valence-corrected chi connectivity index (χ1v) is 12.7. The Balaban J connectivity index is 1.74. The van der Waals surface area contributed by atoms with Gasteiger partial charge in [0.15, 0.2) is 5.78 Å². The second kappa shape index (κ2) is 13.8. The van der Waals surface area contributed by atoms with Gasteiger partial charge in [0.25, 0.3) is 11.8 Å². The number of carbonyl (C=O) groups is 4. The molecule has 3 aromatic rings. The summed E-state index contributed by atoms with van der Waals surface area (Å²) in [7, 11) is 0. The molecule has 0 fully saturated rings. The number of benzene rings is 3. The van der Waals surface area contributed by atoms with Gasteiger partial charge in [-0.1, -0.05) is 48.5 Å². The van der Waals surface area contributed by atoms with E-state index in [0.717, 1.165) is 16.0 Å². The average Bonchev–Trinajstić information content (AvgIpc) is 2.89. The van der Waals surface area contributed by atoms with Gasteiger partial charge >= 0.3 is 5.97 Å². The van der Waals surface area contributed by atoms with E-state index in [1.54, 1.807) is 61.5 Å². The number of nitrogens with one attached hydrogen (secondary N) is 2. The van der Waals surface area contributed by atoms with Crippen molar-refractivity contribution in [2.75, 3.05) is 17.7 Å². The number of aryl methyl sites for hydroxylation is 1. The Morgan fingerprint density at radius 3 is 2.38 bits per heavy atom. The lowest BCUT2D eigenvalue weighted by atomic mass is 10.1. The quantitative estimate of drug-likeness (QED) is 0.161. The molecule has 0 aromatic heterocycles. The number of ketones is 1. The Bertz CT molecular complexity index is 1300. The standard InChI is InChI=1S/C29H28N2O5S/c1-3-36-27(33)18-24(32)19-37-25-15-9-14-23(17-25)30-29(35)26(16-22-13-8-7-10-20(22)2)31-28(34)21-11-5-4-6-12-21/h4-17H,3,18-19H2,1-2H3,(H,30,35)(H,31,34)/b26-16-. The SMILES string of the molecule is CCOC(=O)CC(=O)CSc1cccc(NC(=O)/C(=C/c2ccccc2C)NC(=O)c2ccccc2)c1. The Labute approximate surface area is 220 Å².